The molecule has 4 rings (SSSR count). The van der Waals surface area contributed by atoms with Crippen molar-refractivity contribution in [1.29, 1.82) is 0 Å². The van der Waals surface area contributed by atoms with Crippen molar-refractivity contribution in [3.05, 3.63) is 29.8 Å². The number of guanidine groups is 1. The minimum Gasteiger partial charge on any atom is -0.380 e. The molecular formula is C19H27N3O. The lowest BCUT2D eigenvalue weighted by Gasteiger charge is -2.39. The first kappa shape index (κ1) is 15.0. The monoisotopic (exact) mass is 313 g/mol. The molecule has 4 heteroatoms. The number of hydrogen-bond donors (Lipinski definition) is 1. The van der Waals surface area contributed by atoms with Gasteiger partial charge in [-0.3, -0.25) is 4.99 Å². The Bertz CT molecular complexity index is 615. The van der Waals surface area contributed by atoms with E-state index in [-0.39, 0.29) is 5.41 Å². The Morgan fingerprint density at radius 1 is 1.26 bits per heavy atom. The molecule has 1 spiro atoms. The third-order valence-corrected chi connectivity index (χ3v) is 5.83. The van der Waals surface area contributed by atoms with Crippen LogP contribution in [0.15, 0.2) is 29.3 Å². The van der Waals surface area contributed by atoms with Gasteiger partial charge in [-0.2, -0.15) is 0 Å². The number of hydrogen-bond acceptors (Lipinski definition) is 2. The summed E-state index contributed by atoms with van der Waals surface area (Å²) < 4.78 is 5.37. The van der Waals surface area contributed by atoms with Gasteiger partial charge in [0, 0.05) is 36.7 Å². The summed E-state index contributed by atoms with van der Waals surface area (Å²) in [5, 5.41) is 3.60. The molecule has 0 radical (unpaired) electrons. The van der Waals surface area contributed by atoms with Crippen molar-refractivity contribution in [2.24, 2.45) is 10.4 Å². The molecule has 2 heterocycles. The zero-order chi connectivity index (χ0) is 15.9. The first-order valence-electron chi connectivity index (χ1n) is 8.81. The molecule has 1 aliphatic carbocycles. The zero-order valence-electron chi connectivity index (χ0n) is 14.3. The molecule has 124 valence electrons. The molecule has 2 aliphatic heterocycles. The van der Waals surface area contributed by atoms with Gasteiger partial charge in [-0.15, -0.1) is 0 Å². The molecule has 1 aromatic rings. The van der Waals surface area contributed by atoms with Crippen LogP contribution in [0.25, 0.3) is 0 Å². The molecule has 0 bridgehead atoms. The maximum Gasteiger partial charge on any atom is 0.198 e. The van der Waals surface area contributed by atoms with Gasteiger partial charge in [0.25, 0.3) is 0 Å². The van der Waals surface area contributed by atoms with Crippen LogP contribution in [0.3, 0.4) is 0 Å². The fourth-order valence-electron chi connectivity index (χ4n) is 4.44. The van der Waals surface area contributed by atoms with E-state index in [1.165, 1.54) is 36.9 Å². The number of aliphatic imine (C=N–C) groups is 1. The number of anilines is 1. The lowest BCUT2D eigenvalue weighted by Crippen LogP contribution is -2.52. The summed E-state index contributed by atoms with van der Waals surface area (Å²) in [5.41, 5.74) is 3.47. The van der Waals surface area contributed by atoms with Crippen LogP contribution in [0.4, 0.5) is 5.69 Å². The van der Waals surface area contributed by atoms with Crippen molar-refractivity contribution in [3.63, 3.8) is 0 Å². The Balaban J connectivity index is 1.58. The number of nitrogens with zero attached hydrogens (tertiary/aromatic N) is 2. The highest BCUT2D eigenvalue weighted by Gasteiger charge is 2.45. The van der Waals surface area contributed by atoms with Crippen LogP contribution in [0.1, 0.15) is 38.2 Å². The molecule has 0 aromatic heterocycles. The van der Waals surface area contributed by atoms with E-state index < -0.39 is 0 Å². The summed E-state index contributed by atoms with van der Waals surface area (Å²) in [6.45, 7) is 5.95. The Morgan fingerprint density at radius 3 is 2.65 bits per heavy atom. The van der Waals surface area contributed by atoms with Crippen LogP contribution in [0.5, 0.6) is 0 Å². The summed E-state index contributed by atoms with van der Waals surface area (Å²) in [5.74, 6) is 1.01. The molecule has 2 fully saturated rings. The van der Waals surface area contributed by atoms with Gasteiger partial charge >= 0.3 is 0 Å². The van der Waals surface area contributed by atoms with Gasteiger partial charge in [0.2, 0.25) is 0 Å². The first-order valence-corrected chi connectivity index (χ1v) is 8.81. The Kier molecular flexibility index (Phi) is 3.60. The second kappa shape index (κ2) is 5.52. The maximum absolute atomic E-state index is 5.37. The third-order valence-electron chi connectivity index (χ3n) is 5.83. The fraction of sp³-hybridized carbons (Fsp3) is 0.632. The van der Waals surface area contributed by atoms with Crippen LogP contribution in [-0.4, -0.2) is 39.3 Å². The largest absolute Gasteiger partial charge is 0.380 e. The molecule has 0 atom stereocenters. The average molecular weight is 313 g/mol. The van der Waals surface area contributed by atoms with E-state index in [2.05, 4.69) is 46.4 Å². The number of fused-ring (bicyclic) bond motifs is 2. The summed E-state index contributed by atoms with van der Waals surface area (Å²) in [4.78, 5) is 6.98. The highest BCUT2D eigenvalue weighted by atomic mass is 16.5. The summed E-state index contributed by atoms with van der Waals surface area (Å²) in [6, 6.07) is 8.91. The quantitative estimate of drug-likeness (QED) is 0.674. The smallest absolute Gasteiger partial charge is 0.198 e. The van der Waals surface area contributed by atoms with Gasteiger partial charge in [-0.05, 0) is 24.5 Å². The normalized spacial score (nSPS) is 24.6. The van der Waals surface area contributed by atoms with E-state index in [4.69, 9.17) is 4.74 Å². The summed E-state index contributed by atoms with van der Waals surface area (Å²) in [7, 11) is 1.89. The zero-order valence-corrected chi connectivity index (χ0v) is 14.3. The molecule has 23 heavy (non-hydrogen) atoms. The van der Waals surface area contributed by atoms with Gasteiger partial charge in [0.1, 0.15) is 0 Å². The Labute approximate surface area is 138 Å². The number of benzene rings is 1. The predicted molar refractivity (Wildman–Crippen MR) is 94.2 cm³/mol. The van der Waals surface area contributed by atoms with Gasteiger partial charge in [-0.1, -0.05) is 38.0 Å². The second-order valence-corrected chi connectivity index (χ2v) is 7.79. The number of para-hydroxylation sites is 1. The Morgan fingerprint density at radius 2 is 2.00 bits per heavy atom. The average Bonchev–Trinajstić information content (AvgIpc) is 3.14. The van der Waals surface area contributed by atoms with Gasteiger partial charge in [0.05, 0.1) is 13.2 Å². The maximum atomic E-state index is 5.37. The van der Waals surface area contributed by atoms with Crippen molar-refractivity contribution >= 4 is 11.6 Å². The molecule has 0 unspecified atom stereocenters. The Hall–Kier alpha value is -1.55. The molecular weight excluding hydrogens is 286 g/mol. The lowest BCUT2D eigenvalue weighted by molar-refractivity contribution is -0.0970. The highest BCUT2D eigenvalue weighted by Crippen LogP contribution is 2.50. The standard InChI is InChI=1S/C19H27N3O/c1-18(13-23-14-18)11-21-17(20-2)22-12-19(9-5-6-10-19)15-7-3-4-8-16(15)22/h3-4,7-8H,5-6,9-14H2,1-2H3,(H,20,21). The first-order chi connectivity index (χ1) is 11.2. The minimum absolute atomic E-state index is 0.250. The van der Waals surface area contributed by atoms with E-state index >= 15 is 0 Å². The van der Waals surface area contributed by atoms with Crippen molar-refractivity contribution < 1.29 is 4.74 Å². The summed E-state index contributed by atoms with van der Waals surface area (Å²) >= 11 is 0. The third kappa shape index (κ3) is 2.44. The van der Waals surface area contributed by atoms with Crippen LogP contribution >= 0.6 is 0 Å². The van der Waals surface area contributed by atoms with Gasteiger partial charge in [-0.25, -0.2) is 0 Å². The van der Waals surface area contributed by atoms with Crippen LogP contribution in [0, 0.1) is 5.41 Å². The fourth-order valence-corrected chi connectivity index (χ4v) is 4.44. The van der Waals surface area contributed by atoms with E-state index in [9.17, 15) is 0 Å². The number of ether oxygens (including phenoxy) is 1. The van der Waals surface area contributed by atoms with Crippen molar-refractivity contribution in [3.8, 4) is 0 Å². The molecule has 0 amide bonds. The molecule has 4 nitrogen and oxygen atoms in total. The van der Waals surface area contributed by atoms with E-state index in [1.54, 1.807) is 0 Å². The topological polar surface area (TPSA) is 36.9 Å². The van der Waals surface area contributed by atoms with Crippen LogP contribution in [0.2, 0.25) is 0 Å². The van der Waals surface area contributed by atoms with E-state index in [0.717, 1.165) is 32.3 Å². The molecule has 1 saturated carbocycles. The second-order valence-electron chi connectivity index (χ2n) is 7.79. The number of rotatable bonds is 2. The van der Waals surface area contributed by atoms with E-state index in [0.29, 0.717) is 5.41 Å². The lowest BCUT2D eigenvalue weighted by atomic mass is 9.81. The SMILES string of the molecule is CN=C(NCC1(C)COC1)N1CC2(CCCC2)c2ccccc21. The molecule has 1 saturated heterocycles. The minimum atomic E-state index is 0.250. The van der Waals surface area contributed by atoms with Crippen molar-refractivity contribution in [2.45, 2.75) is 38.0 Å². The predicted octanol–water partition coefficient (Wildman–Crippen LogP) is 2.93. The molecule has 1 aromatic carbocycles. The summed E-state index contributed by atoms with van der Waals surface area (Å²) in [6.07, 6.45) is 5.32. The van der Waals surface area contributed by atoms with Crippen molar-refractivity contribution in [1.82, 2.24) is 5.32 Å². The van der Waals surface area contributed by atoms with Crippen LogP contribution < -0.4 is 10.2 Å². The van der Waals surface area contributed by atoms with Crippen LogP contribution in [-0.2, 0) is 10.2 Å². The van der Waals surface area contributed by atoms with Gasteiger partial charge < -0.3 is 15.0 Å². The number of nitrogens with one attached hydrogen (secondary N) is 1. The highest BCUT2D eigenvalue weighted by molar-refractivity contribution is 5.98. The molecule has 3 aliphatic rings. The van der Waals surface area contributed by atoms with E-state index in [1.807, 2.05) is 7.05 Å². The van der Waals surface area contributed by atoms with Crippen molar-refractivity contribution in [2.75, 3.05) is 38.3 Å². The molecule has 1 N–H and O–H groups in total. The van der Waals surface area contributed by atoms with Gasteiger partial charge in [0.15, 0.2) is 5.96 Å².